The van der Waals surface area contributed by atoms with Crippen LogP contribution in [0.2, 0.25) is 0 Å². The summed E-state index contributed by atoms with van der Waals surface area (Å²) in [5, 5.41) is 9.35. The first-order valence-electron chi connectivity index (χ1n) is 9.85. The number of halogens is 1. The Morgan fingerprint density at radius 2 is 2.00 bits per heavy atom. The highest BCUT2D eigenvalue weighted by atomic mass is 19.1. The van der Waals surface area contributed by atoms with Crippen molar-refractivity contribution in [3.63, 3.8) is 0 Å². The lowest BCUT2D eigenvalue weighted by Crippen LogP contribution is -2.38. The van der Waals surface area contributed by atoms with E-state index in [0.717, 1.165) is 17.7 Å². The van der Waals surface area contributed by atoms with Gasteiger partial charge in [-0.1, -0.05) is 30.3 Å². The van der Waals surface area contributed by atoms with Gasteiger partial charge in [-0.2, -0.15) is 0 Å². The van der Waals surface area contributed by atoms with Crippen LogP contribution in [0.1, 0.15) is 16.8 Å². The van der Waals surface area contributed by atoms with Gasteiger partial charge in [0, 0.05) is 42.1 Å². The number of para-hydroxylation sites is 1. The summed E-state index contributed by atoms with van der Waals surface area (Å²) < 4.78 is 15.1. The van der Waals surface area contributed by atoms with Crippen molar-refractivity contribution in [3.05, 3.63) is 81.5 Å². The predicted octanol–water partition coefficient (Wildman–Crippen LogP) is 2.48. The molecule has 0 saturated carbocycles. The maximum Gasteiger partial charge on any atom is 0.257 e. The van der Waals surface area contributed by atoms with Crippen LogP contribution in [0.5, 0.6) is 0 Å². The number of carbonyl (C=O) groups is 1. The van der Waals surface area contributed by atoms with E-state index < -0.39 is 11.4 Å². The molecule has 1 aliphatic rings. The number of aromatic nitrogens is 2. The second kappa shape index (κ2) is 8.20. The van der Waals surface area contributed by atoms with Crippen LogP contribution >= 0.6 is 0 Å². The first-order chi connectivity index (χ1) is 14.5. The van der Waals surface area contributed by atoms with E-state index in [1.165, 1.54) is 22.8 Å². The Bertz CT molecular complexity index is 1170. The lowest BCUT2D eigenvalue weighted by molar-refractivity contribution is -0.119. The normalized spacial score (nSPS) is 12.8. The highest BCUT2D eigenvalue weighted by Crippen LogP contribution is 2.28. The molecule has 6 nitrogen and oxygen atoms in total. The summed E-state index contributed by atoms with van der Waals surface area (Å²) in [4.78, 5) is 32.5. The van der Waals surface area contributed by atoms with Crippen molar-refractivity contribution >= 4 is 11.6 Å². The van der Waals surface area contributed by atoms with E-state index in [4.69, 9.17) is 0 Å². The lowest BCUT2D eigenvalue weighted by Gasteiger charge is -2.20. The van der Waals surface area contributed by atoms with Gasteiger partial charge in [0.1, 0.15) is 18.2 Å². The average Bonchev–Trinajstić information content (AvgIpc) is 3.17. The zero-order valence-electron chi connectivity index (χ0n) is 16.6. The molecule has 2 heterocycles. The zero-order chi connectivity index (χ0) is 21.3. The highest BCUT2D eigenvalue weighted by molar-refractivity contribution is 5.95. The van der Waals surface area contributed by atoms with Gasteiger partial charge in [0.25, 0.3) is 5.56 Å². The molecule has 154 valence electrons. The molecule has 1 aromatic heterocycles. The molecule has 0 aliphatic carbocycles. The predicted molar refractivity (Wildman–Crippen MR) is 112 cm³/mol. The Morgan fingerprint density at radius 3 is 2.77 bits per heavy atom. The molecule has 1 aliphatic heterocycles. The summed E-state index contributed by atoms with van der Waals surface area (Å²) in [6.07, 6.45) is 0.900. The van der Waals surface area contributed by atoms with Crippen molar-refractivity contribution in [1.82, 2.24) is 9.55 Å². The third kappa shape index (κ3) is 3.64. The van der Waals surface area contributed by atoms with Crippen molar-refractivity contribution in [1.29, 1.82) is 0 Å². The van der Waals surface area contributed by atoms with Gasteiger partial charge in [0.05, 0.1) is 0 Å². The second-order valence-corrected chi connectivity index (χ2v) is 7.30. The third-order valence-corrected chi connectivity index (χ3v) is 5.40. The maximum atomic E-state index is 13.8. The first kappa shape index (κ1) is 20.0. The molecule has 0 atom stereocenters. The van der Waals surface area contributed by atoms with Crippen LogP contribution in [0.15, 0.2) is 53.3 Å². The minimum absolute atomic E-state index is 0.141. The van der Waals surface area contributed by atoms with Crippen LogP contribution in [-0.4, -0.2) is 33.7 Å². The van der Waals surface area contributed by atoms with Crippen molar-refractivity contribution < 1.29 is 14.3 Å². The van der Waals surface area contributed by atoms with Crippen LogP contribution in [-0.2, 0) is 24.2 Å². The maximum absolute atomic E-state index is 13.8. The molecule has 30 heavy (non-hydrogen) atoms. The molecular formula is C23H22FN3O3. The molecule has 0 spiro atoms. The number of aliphatic hydroxyl groups is 1. The van der Waals surface area contributed by atoms with Crippen molar-refractivity contribution in [3.8, 4) is 11.4 Å². The van der Waals surface area contributed by atoms with Crippen LogP contribution in [0.3, 0.4) is 0 Å². The van der Waals surface area contributed by atoms with Crippen molar-refractivity contribution in [2.75, 3.05) is 18.1 Å². The van der Waals surface area contributed by atoms with E-state index in [1.54, 1.807) is 17.9 Å². The van der Waals surface area contributed by atoms with Crippen molar-refractivity contribution in [2.24, 2.45) is 0 Å². The molecule has 7 heteroatoms. The molecule has 0 unspecified atom stereocenters. The summed E-state index contributed by atoms with van der Waals surface area (Å²) in [5.41, 5.74) is 2.78. The SMILES string of the molecule is Cc1nc(-c2cccc(F)c2)n(CC(=O)N2CCc3ccccc32)c(=O)c1CCO. The molecule has 0 fully saturated rings. The first-order valence-corrected chi connectivity index (χ1v) is 9.85. The summed E-state index contributed by atoms with van der Waals surface area (Å²) in [7, 11) is 0. The third-order valence-electron chi connectivity index (χ3n) is 5.40. The number of anilines is 1. The van der Waals surface area contributed by atoms with E-state index in [2.05, 4.69) is 4.98 Å². The largest absolute Gasteiger partial charge is 0.396 e. The number of aryl methyl sites for hydroxylation is 1. The van der Waals surface area contributed by atoms with Crippen LogP contribution in [0.25, 0.3) is 11.4 Å². The van der Waals surface area contributed by atoms with Crippen LogP contribution < -0.4 is 10.5 Å². The van der Waals surface area contributed by atoms with Gasteiger partial charge in [0.15, 0.2) is 0 Å². The molecule has 1 N–H and O–H groups in total. The summed E-state index contributed by atoms with van der Waals surface area (Å²) in [5.74, 6) is -0.454. The van der Waals surface area contributed by atoms with Crippen LogP contribution in [0, 0.1) is 12.7 Å². The quantitative estimate of drug-likeness (QED) is 0.705. The smallest absolute Gasteiger partial charge is 0.257 e. The van der Waals surface area contributed by atoms with Gasteiger partial charge in [-0.3, -0.25) is 14.2 Å². The minimum Gasteiger partial charge on any atom is -0.396 e. The molecule has 1 amide bonds. The van der Waals surface area contributed by atoms with Gasteiger partial charge in [-0.05, 0) is 37.1 Å². The number of hydrogen-bond donors (Lipinski definition) is 1. The average molecular weight is 407 g/mol. The summed E-state index contributed by atoms with van der Waals surface area (Å²) in [6, 6.07) is 13.5. The Labute approximate surface area is 173 Å². The Balaban J connectivity index is 1.79. The lowest BCUT2D eigenvalue weighted by atomic mass is 10.1. The number of benzene rings is 2. The van der Waals surface area contributed by atoms with Gasteiger partial charge < -0.3 is 10.0 Å². The Kier molecular flexibility index (Phi) is 5.46. The van der Waals surface area contributed by atoms with E-state index in [9.17, 15) is 19.1 Å². The van der Waals surface area contributed by atoms with E-state index in [-0.39, 0.29) is 31.3 Å². The molecule has 0 bridgehead atoms. The molecule has 3 aromatic rings. The monoisotopic (exact) mass is 407 g/mol. The molecule has 0 saturated heterocycles. The van der Waals surface area contributed by atoms with Crippen LogP contribution in [0.4, 0.5) is 10.1 Å². The Hall–Kier alpha value is -3.32. The van der Waals surface area contributed by atoms with Gasteiger partial charge >= 0.3 is 0 Å². The molecule has 0 radical (unpaired) electrons. The fraction of sp³-hybridized carbons (Fsp3) is 0.261. The topological polar surface area (TPSA) is 75.4 Å². The van der Waals surface area contributed by atoms with Gasteiger partial charge in [-0.25, -0.2) is 9.37 Å². The highest BCUT2D eigenvalue weighted by Gasteiger charge is 2.26. The number of amides is 1. The second-order valence-electron chi connectivity index (χ2n) is 7.30. The number of aliphatic hydroxyl groups excluding tert-OH is 1. The number of nitrogens with zero attached hydrogens (tertiary/aromatic N) is 3. The van der Waals surface area contributed by atoms with Crippen molar-refractivity contribution in [2.45, 2.75) is 26.3 Å². The summed E-state index contributed by atoms with van der Waals surface area (Å²) >= 11 is 0. The number of hydrogen-bond acceptors (Lipinski definition) is 4. The fourth-order valence-electron chi connectivity index (χ4n) is 3.91. The number of fused-ring (bicyclic) bond motifs is 1. The molecule has 2 aromatic carbocycles. The van der Waals surface area contributed by atoms with E-state index in [1.807, 2.05) is 24.3 Å². The standard InChI is InChI=1S/C23H22FN3O3/c1-15-19(10-12-28)23(30)27(22(25-15)17-6-4-7-18(24)13-17)14-21(29)26-11-9-16-5-2-3-8-20(16)26/h2-8,13,28H,9-12,14H2,1H3. The fourth-order valence-corrected chi connectivity index (χ4v) is 3.91. The molecule has 4 rings (SSSR count). The minimum atomic E-state index is -0.454. The summed E-state index contributed by atoms with van der Waals surface area (Å²) in [6.45, 7) is 1.80. The molecular weight excluding hydrogens is 385 g/mol. The zero-order valence-corrected chi connectivity index (χ0v) is 16.6. The number of rotatable bonds is 5. The Morgan fingerprint density at radius 1 is 1.20 bits per heavy atom. The van der Waals surface area contributed by atoms with E-state index >= 15 is 0 Å². The van der Waals surface area contributed by atoms with Gasteiger partial charge in [0.2, 0.25) is 5.91 Å². The number of carbonyl (C=O) groups excluding carboxylic acids is 1. The van der Waals surface area contributed by atoms with E-state index in [0.29, 0.717) is 23.4 Å². The van der Waals surface area contributed by atoms with Gasteiger partial charge in [-0.15, -0.1) is 0 Å².